The van der Waals surface area contributed by atoms with Gasteiger partial charge in [-0.15, -0.1) is 51.4 Å². The number of thiophene rings is 1. The molecular weight excluding hydrogens is 440 g/mol. The standard InChI is InChI=1S/C17H16N2O2S3.BrH/c1-10-3-5-11(6-4-10)8-18-17-19-13(9-23-17)12-7-14(15(20)21)24-16(12)22-2;/h3-7,9H,8H2,1-2H3,(H,18,19)(H,20,21);1H. The van der Waals surface area contributed by atoms with Crippen LogP contribution in [0.25, 0.3) is 11.3 Å². The van der Waals surface area contributed by atoms with Gasteiger partial charge in [-0.1, -0.05) is 29.8 Å². The van der Waals surface area contributed by atoms with Gasteiger partial charge >= 0.3 is 5.97 Å². The van der Waals surface area contributed by atoms with Gasteiger partial charge in [-0.3, -0.25) is 0 Å². The van der Waals surface area contributed by atoms with Crippen molar-refractivity contribution in [2.45, 2.75) is 17.7 Å². The second-order valence-electron chi connectivity index (χ2n) is 5.20. The van der Waals surface area contributed by atoms with E-state index in [2.05, 4.69) is 41.5 Å². The maximum absolute atomic E-state index is 11.2. The molecular formula is C17H17BrN2O2S3. The lowest BCUT2D eigenvalue weighted by Gasteiger charge is -2.03. The highest BCUT2D eigenvalue weighted by Crippen LogP contribution is 2.38. The first kappa shape index (κ1) is 20.0. The zero-order valence-corrected chi connectivity index (χ0v) is 17.8. The highest BCUT2D eigenvalue weighted by Gasteiger charge is 2.16. The fraction of sp³-hybridized carbons (Fsp3) is 0.176. The van der Waals surface area contributed by atoms with E-state index in [0.717, 1.165) is 20.6 Å². The Balaban J connectivity index is 0.00000225. The smallest absolute Gasteiger partial charge is 0.345 e. The number of hydrogen-bond acceptors (Lipinski definition) is 6. The highest BCUT2D eigenvalue weighted by molar-refractivity contribution is 8.93. The van der Waals surface area contributed by atoms with Crippen molar-refractivity contribution in [3.63, 3.8) is 0 Å². The molecule has 0 aliphatic heterocycles. The Kier molecular flexibility index (Phi) is 7.06. The van der Waals surface area contributed by atoms with Crippen molar-refractivity contribution >= 4 is 62.5 Å². The van der Waals surface area contributed by atoms with Gasteiger partial charge in [-0.25, -0.2) is 9.78 Å². The van der Waals surface area contributed by atoms with Crippen molar-refractivity contribution in [3.8, 4) is 11.3 Å². The molecule has 8 heteroatoms. The molecule has 0 radical (unpaired) electrons. The molecule has 3 rings (SSSR count). The molecule has 132 valence electrons. The quantitative estimate of drug-likeness (QED) is 0.459. The third-order valence-corrected chi connectivity index (χ3v) is 6.50. The molecule has 4 nitrogen and oxygen atoms in total. The van der Waals surface area contributed by atoms with Crippen molar-refractivity contribution in [2.75, 3.05) is 11.6 Å². The molecule has 0 atom stereocenters. The number of halogens is 1. The number of aryl methyl sites for hydroxylation is 1. The van der Waals surface area contributed by atoms with Gasteiger partial charge in [-0.05, 0) is 24.8 Å². The van der Waals surface area contributed by atoms with Gasteiger partial charge in [0.25, 0.3) is 0 Å². The van der Waals surface area contributed by atoms with Gasteiger partial charge < -0.3 is 10.4 Å². The van der Waals surface area contributed by atoms with Crippen LogP contribution >= 0.6 is 51.4 Å². The number of nitrogens with zero attached hydrogens (tertiary/aromatic N) is 1. The summed E-state index contributed by atoms with van der Waals surface area (Å²) in [5.41, 5.74) is 4.15. The molecule has 25 heavy (non-hydrogen) atoms. The molecule has 2 heterocycles. The fourth-order valence-electron chi connectivity index (χ4n) is 2.17. The van der Waals surface area contributed by atoms with Gasteiger partial charge in [0.2, 0.25) is 0 Å². The van der Waals surface area contributed by atoms with Crippen LogP contribution in [0.3, 0.4) is 0 Å². The Morgan fingerprint density at radius 3 is 2.68 bits per heavy atom. The Bertz CT molecular complexity index is 859. The number of carboxylic acids is 1. The lowest BCUT2D eigenvalue weighted by atomic mass is 10.1. The Morgan fingerprint density at radius 1 is 1.32 bits per heavy atom. The molecule has 1 aromatic carbocycles. The van der Waals surface area contributed by atoms with Gasteiger partial charge in [0.1, 0.15) is 4.88 Å². The van der Waals surface area contributed by atoms with Gasteiger partial charge in [-0.2, -0.15) is 0 Å². The van der Waals surface area contributed by atoms with Crippen LogP contribution in [0.4, 0.5) is 5.13 Å². The first-order valence-electron chi connectivity index (χ1n) is 7.23. The van der Waals surface area contributed by atoms with Crippen molar-refractivity contribution in [3.05, 3.63) is 51.7 Å². The summed E-state index contributed by atoms with van der Waals surface area (Å²) in [5, 5.41) is 15.3. The van der Waals surface area contributed by atoms with Gasteiger partial charge in [0.15, 0.2) is 5.13 Å². The van der Waals surface area contributed by atoms with Crippen molar-refractivity contribution in [2.24, 2.45) is 0 Å². The SMILES string of the molecule is Br.CSc1sc(C(=O)O)cc1-c1csc(NCc2ccc(C)cc2)n1. The first-order chi connectivity index (χ1) is 11.6. The van der Waals surface area contributed by atoms with Gasteiger partial charge in [0, 0.05) is 17.5 Å². The predicted octanol–water partition coefficient (Wildman–Crippen LogP) is 5.79. The lowest BCUT2D eigenvalue weighted by Crippen LogP contribution is -1.98. The van der Waals surface area contributed by atoms with E-state index in [-0.39, 0.29) is 17.0 Å². The monoisotopic (exact) mass is 456 g/mol. The number of benzene rings is 1. The zero-order valence-electron chi connectivity index (χ0n) is 13.6. The second kappa shape index (κ2) is 8.84. The van der Waals surface area contributed by atoms with Crippen LogP contribution in [0.2, 0.25) is 0 Å². The summed E-state index contributed by atoms with van der Waals surface area (Å²) in [5.74, 6) is -0.894. The van der Waals surface area contributed by atoms with E-state index in [4.69, 9.17) is 0 Å². The molecule has 0 aliphatic carbocycles. The predicted molar refractivity (Wildman–Crippen MR) is 113 cm³/mol. The average molecular weight is 457 g/mol. The number of thioether (sulfide) groups is 1. The number of anilines is 1. The molecule has 3 aromatic rings. The van der Waals surface area contributed by atoms with E-state index in [1.54, 1.807) is 17.8 Å². The second-order valence-corrected chi connectivity index (χ2v) is 8.18. The Labute approximate surface area is 169 Å². The molecule has 0 aliphatic rings. The van der Waals surface area contributed by atoms with Crippen molar-refractivity contribution < 1.29 is 9.90 Å². The van der Waals surface area contributed by atoms with Crippen LogP contribution in [0.5, 0.6) is 0 Å². The molecule has 0 saturated carbocycles. The normalized spacial score (nSPS) is 10.3. The van der Waals surface area contributed by atoms with Crippen molar-refractivity contribution in [1.82, 2.24) is 4.98 Å². The minimum absolute atomic E-state index is 0. The van der Waals surface area contributed by atoms with Crippen LogP contribution in [-0.2, 0) is 6.54 Å². The van der Waals surface area contributed by atoms with Crippen LogP contribution in [0.1, 0.15) is 20.8 Å². The van der Waals surface area contributed by atoms with Crippen LogP contribution < -0.4 is 5.32 Å². The zero-order chi connectivity index (χ0) is 17.1. The van der Waals surface area contributed by atoms with Crippen LogP contribution in [0.15, 0.2) is 39.9 Å². The third-order valence-electron chi connectivity index (χ3n) is 3.44. The first-order valence-corrected chi connectivity index (χ1v) is 10.2. The summed E-state index contributed by atoms with van der Waals surface area (Å²) in [6, 6.07) is 10.1. The molecule has 2 N–H and O–H groups in total. The maximum Gasteiger partial charge on any atom is 0.345 e. The minimum Gasteiger partial charge on any atom is -0.477 e. The lowest BCUT2D eigenvalue weighted by molar-refractivity contribution is 0.0702. The molecule has 0 fully saturated rings. The summed E-state index contributed by atoms with van der Waals surface area (Å²) in [6.45, 7) is 2.78. The number of aromatic nitrogens is 1. The van der Waals surface area contributed by atoms with Crippen LogP contribution in [-0.4, -0.2) is 22.3 Å². The maximum atomic E-state index is 11.2. The molecule has 0 saturated heterocycles. The van der Waals surface area contributed by atoms with E-state index in [0.29, 0.717) is 11.4 Å². The molecule has 2 aromatic heterocycles. The number of carbonyl (C=O) groups is 1. The molecule has 0 amide bonds. The average Bonchev–Trinajstić information content (AvgIpc) is 3.20. The largest absolute Gasteiger partial charge is 0.477 e. The number of aromatic carboxylic acids is 1. The summed E-state index contributed by atoms with van der Waals surface area (Å²) >= 11 is 4.37. The number of nitrogens with one attached hydrogen (secondary N) is 1. The van der Waals surface area contributed by atoms with Gasteiger partial charge in [0.05, 0.1) is 9.90 Å². The Hall–Kier alpha value is -1.35. The summed E-state index contributed by atoms with van der Waals surface area (Å²) < 4.78 is 0.975. The van der Waals surface area contributed by atoms with E-state index >= 15 is 0 Å². The summed E-state index contributed by atoms with van der Waals surface area (Å²) in [6.07, 6.45) is 1.95. The number of carboxylic acid groups (broad SMARTS) is 1. The third kappa shape index (κ3) is 4.84. The van der Waals surface area contributed by atoms with E-state index in [1.807, 2.05) is 11.6 Å². The molecule has 0 unspecified atom stereocenters. The van der Waals surface area contributed by atoms with Crippen molar-refractivity contribution in [1.29, 1.82) is 0 Å². The molecule has 0 bridgehead atoms. The summed E-state index contributed by atoms with van der Waals surface area (Å²) in [4.78, 5) is 16.1. The van der Waals surface area contributed by atoms with Crippen LogP contribution in [0, 0.1) is 6.92 Å². The van der Waals surface area contributed by atoms with E-state index in [1.165, 1.54) is 33.8 Å². The summed E-state index contributed by atoms with van der Waals surface area (Å²) in [7, 11) is 0. The highest BCUT2D eigenvalue weighted by atomic mass is 79.9. The van der Waals surface area contributed by atoms with E-state index < -0.39 is 5.97 Å². The number of thiazole rings is 1. The number of rotatable bonds is 6. The fourth-order valence-corrected chi connectivity index (χ4v) is 4.60. The molecule has 0 spiro atoms. The van der Waals surface area contributed by atoms with E-state index in [9.17, 15) is 9.90 Å². The Morgan fingerprint density at radius 2 is 2.04 bits per heavy atom. The minimum atomic E-state index is -0.894. The topological polar surface area (TPSA) is 62.2 Å². The number of hydrogen-bond donors (Lipinski definition) is 2.